The fourth-order valence-electron chi connectivity index (χ4n) is 2.20. The Labute approximate surface area is 114 Å². The van der Waals surface area contributed by atoms with Gasteiger partial charge in [-0.2, -0.15) is 0 Å². The van der Waals surface area contributed by atoms with Crippen LogP contribution in [0.3, 0.4) is 0 Å². The van der Waals surface area contributed by atoms with Gasteiger partial charge in [0.15, 0.2) is 0 Å². The minimum absolute atomic E-state index is 0.573. The molecule has 0 saturated heterocycles. The predicted molar refractivity (Wildman–Crippen MR) is 79.1 cm³/mol. The minimum atomic E-state index is 0.573. The van der Waals surface area contributed by atoms with Crippen molar-refractivity contribution in [3.05, 3.63) is 47.3 Å². The molecule has 4 nitrogen and oxygen atoms in total. The Morgan fingerprint density at radius 1 is 1.21 bits per heavy atom. The lowest BCUT2D eigenvalue weighted by Crippen LogP contribution is -2.21. The molecule has 1 aromatic carbocycles. The van der Waals surface area contributed by atoms with Gasteiger partial charge >= 0.3 is 0 Å². The number of hydrogen-bond donors (Lipinski definition) is 1. The highest BCUT2D eigenvalue weighted by Gasteiger charge is 2.12. The normalized spacial score (nSPS) is 10.5. The van der Waals surface area contributed by atoms with E-state index in [1.165, 1.54) is 17.5 Å². The van der Waals surface area contributed by atoms with Crippen molar-refractivity contribution >= 4 is 11.6 Å². The fourth-order valence-corrected chi connectivity index (χ4v) is 2.20. The summed E-state index contributed by atoms with van der Waals surface area (Å²) in [5, 5.41) is 0. The van der Waals surface area contributed by atoms with Gasteiger partial charge < -0.3 is 10.6 Å². The summed E-state index contributed by atoms with van der Waals surface area (Å²) in [5.74, 6) is 1.49. The number of aryl methyl sites for hydroxylation is 1. The highest BCUT2D eigenvalue weighted by molar-refractivity contribution is 5.56. The molecule has 0 fully saturated rings. The Morgan fingerprint density at radius 3 is 2.63 bits per heavy atom. The SMILES string of the molecule is CCc1c(N)ncnc1N(C)Cc1ccccc1C. The first-order valence-electron chi connectivity index (χ1n) is 6.48. The van der Waals surface area contributed by atoms with E-state index in [0.29, 0.717) is 5.82 Å². The number of aromatic nitrogens is 2. The molecule has 1 heterocycles. The van der Waals surface area contributed by atoms with Gasteiger partial charge in [0.05, 0.1) is 0 Å². The third-order valence-electron chi connectivity index (χ3n) is 3.34. The molecular formula is C15H20N4. The van der Waals surface area contributed by atoms with Gasteiger partial charge in [-0.3, -0.25) is 0 Å². The summed E-state index contributed by atoms with van der Waals surface area (Å²) < 4.78 is 0. The van der Waals surface area contributed by atoms with Gasteiger partial charge in [-0.1, -0.05) is 31.2 Å². The van der Waals surface area contributed by atoms with Gasteiger partial charge in [-0.05, 0) is 24.5 Å². The van der Waals surface area contributed by atoms with Crippen molar-refractivity contribution in [3.63, 3.8) is 0 Å². The maximum atomic E-state index is 5.92. The van der Waals surface area contributed by atoms with Crippen LogP contribution in [0.2, 0.25) is 0 Å². The summed E-state index contributed by atoms with van der Waals surface area (Å²) >= 11 is 0. The zero-order valence-electron chi connectivity index (χ0n) is 11.7. The largest absolute Gasteiger partial charge is 0.383 e. The third kappa shape index (κ3) is 2.84. The van der Waals surface area contributed by atoms with Crippen molar-refractivity contribution < 1.29 is 0 Å². The van der Waals surface area contributed by atoms with E-state index in [4.69, 9.17) is 5.73 Å². The molecule has 2 N–H and O–H groups in total. The average Bonchev–Trinajstić information content (AvgIpc) is 2.41. The third-order valence-corrected chi connectivity index (χ3v) is 3.34. The number of nitrogens with two attached hydrogens (primary N) is 1. The van der Waals surface area contributed by atoms with Crippen molar-refractivity contribution in [1.29, 1.82) is 0 Å². The molecule has 2 aromatic rings. The van der Waals surface area contributed by atoms with Gasteiger partial charge in [-0.15, -0.1) is 0 Å². The second kappa shape index (κ2) is 5.69. The lowest BCUT2D eigenvalue weighted by Gasteiger charge is -2.22. The minimum Gasteiger partial charge on any atom is -0.383 e. The number of hydrogen-bond acceptors (Lipinski definition) is 4. The molecule has 0 spiro atoms. The molecular weight excluding hydrogens is 236 g/mol. The summed E-state index contributed by atoms with van der Waals surface area (Å²) in [6.45, 7) is 5.01. The van der Waals surface area contributed by atoms with Crippen LogP contribution >= 0.6 is 0 Å². The van der Waals surface area contributed by atoms with Crippen molar-refractivity contribution in [2.24, 2.45) is 0 Å². The molecule has 0 amide bonds. The smallest absolute Gasteiger partial charge is 0.137 e. The topological polar surface area (TPSA) is 55.0 Å². The van der Waals surface area contributed by atoms with Crippen LogP contribution in [0.5, 0.6) is 0 Å². The van der Waals surface area contributed by atoms with E-state index < -0.39 is 0 Å². The molecule has 0 aliphatic rings. The second-order valence-corrected chi connectivity index (χ2v) is 4.70. The molecule has 0 unspecified atom stereocenters. The van der Waals surface area contributed by atoms with Crippen LogP contribution in [0.25, 0.3) is 0 Å². The first-order valence-corrected chi connectivity index (χ1v) is 6.48. The van der Waals surface area contributed by atoms with Crippen molar-refractivity contribution in [2.45, 2.75) is 26.8 Å². The maximum Gasteiger partial charge on any atom is 0.137 e. The molecule has 0 saturated carbocycles. The highest BCUT2D eigenvalue weighted by Crippen LogP contribution is 2.22. The fraction of sp³-hybridized carbons (Fsp3) is 0.333. The van der Waals surface area contributed by atoms with Gasteiger partial charge in [0.2, 0.25) is 0 Å². The van der Waals surface area contributed by atoms with Crippen LogP contribution in [0.4, 0.5) is 11.6 Å². The molecule has 4 heteroatoms. The average molecular weight is 256 g/mol. The van der Waals surface area contributed by atoms with Crippen LogP contribution in [-0.2, 0) is 13.0 Å². The predicted octanol–water partition coefficient (Wildman–Crippen LogP) is 2.57. The zero-order valence-corrected chi connectivity index (χ0v) is 11.7. The number of nitrogen functional groups attached to an aromatic ring is 1. The van der Waals surface area contributed by atoms with Crippen molar-refractivity contribution in [1.82, 2.24) is 9.97 Å². The van der Waals surface area contributed by atoms with E-state index in [0.717, 1.165) is 24.3 Å². The quantitative estimate of drug-likeness (QED) is 0.913. The second-order valence-electron chi connectivity index (χ2n) is 4.70. The Bertz CT molecular complexity index is 566. The van der Waals surface area contributed by atoms with Gasteiger partial charge in [0.25, 0.3) is 0 Å². The summed E-state index contributed by atoms with van der Waals surface area (Å²) in [4.78, 5) is 10.6. The number of nitrogens with zero attached hydrogens (tertiary/aromatic N) is 3. The summed E-state index contributed by atoms with van der Waals surface area (Å²) in [6, 6.07) is 8.38. The van der Waals surface area contributed by atoms with E-state index >= 15 is 0 Å². The first-order chi connectivity index (χ1) is 9.13. The number of rotatable bonds is 4. The van der Waals surface area contributed by atoms with E-state index in [-0.39, 0.29) is 0 Å². The Morgan fingerprint density at radius 2 is 1.95 bits per heavy atom. The molecule has 0 aliphatic heterocycles. The standard InChI is InChI=1S/C15H20N4/c1-4-13-14(16)17-10-18-15(13)19(3)9-12-8-6-5-7-11(12)2/h5-8,10H,4,9H2,1-3H3,(H2,16,17,18). The molecule has 0 bridgehead atoms. The van der Waals surface area contributed by atoms with E-state index in [2.05, 4.69) is 53.0 Å². The zero-order chi connectivity index (χ0) is 13.8. The molecule has 0 aliphatic carbocycles. The van der Waals surface area contributed by atoms with E-state index in [9.17, 15) is 0 Å². The van der Waals surface area contributed by atoms with E-state index in [1.807, 2.05) is 7.05 Å². The molecule has 0 atom stereocenters. The molecule has 1 aromatic heterocycles. The Balaban J connectivity index is 2.28. The summed E-state index contributed by atoms with van der Waals surface area (Å²) in [6.07, 6.45) is 2.36. The van der Waals surface area contributed by atoms with E-state index in [1.54, 1.807) is 0 Å². The molecule has 0 radical (unpaired) electrons. The van der Waals surface area contributed by atoms with Gasteiger partial charge in [0.1, 0.15) is 18.0 Å². The molecule has 100 valence electrons. The summed E-state index contributed by atoms with van der Waals surface area (Å²) in [7, 11) is 2.04. The van der Waals surface area contributed by atoms with Crippen LogP contribution in [-0.4, -0.2) is 17.0 Å². The van der Waals surface area contributed by atoms with Crippen LogP contribution in [0, 0.1) is 6.92 Å². The van der Waals surface area contributed by atoms with Crippen LogP contribution in [0.1, 0.15) is 23.6 Å². The lowest BCUT2D eigenvalue weighted by atomic mass is 10.1. The van der Waals surface area contributed by atoms with Crippen molar-refractivity contribution in [2.75, 3.05) is 17.7 Å². The summed E-state index contributed by atoms with van der Waals surface area (Å²) in [5.41, 5.74) is 9.51. The van der Waals surface area contributed by atoms with Gasteiger partial charge in [-0.25, -0.2) is 9.97 Å². The highest BCUT2D eigenvalue weighted by atomic mass is 15.2. The number of anilines is 2. The number of benzene rings is 1. The Hall–Kier alpha value is -2.10. The molecule has 19 heavy (non-hydrogen) atoms. The monoisotopic (exact) mass is 256 g/mol. The Kier molecular flexibility index (Phi) is 4.00. The first kappa shape index (κ1) is 13.3. The lowest BCUT2D eigenvalue weighted by molar-refractivity contribution is 0.867. The van der Waals surface area contributed by atoms with Crippen LogP contribution in [0.15, 0.2) is 30.6 Å². The molecule has 2 rings (SSSR count). The maximum absolute atomic E-state index is 5.92. The van der Waals surface area contributed by atoms with Gasteiger partial charge in [0, 0.05) is 19.2 Å². The van der Waals surface area contributed by atoms with Crippen LogP contribution < -0.4 is 10.6 Å². The van der Waals surface area contributed by atoms with Crippen molar-refractivity contribution in [3.8, 4) is 0 Å².